The molecule has 1 heterocycles. The molecule has 128 valence electrons. The van der Waals surface area contributed by atoms with Crippen molar-refractivity contribution in [3.8, 4) is 0 Å². The van der Waals surface area contributed by atoms with Gasteiger partial charge in [-0.05, 0) is 18.9 Å². The molecule has 2 aromatic rings. The molecule has 4 nitrogen and oxygen atoms in total. The Morgan fingerprint density at radius 2 is 1.56 bits per heavy atom. The number of carbonyl (C=O) groups excluding carboxylic acids is 3. The Kier molecular flexibility index (Phi) is 5.08. The maximum atomic E-state index is 13.1. The van der Waals surface area contributed by atoms with Crippen LogP contribution >= 0.6 is 0 Å². The van der Waals surface area contributed by atoms with Crippen molar-refractivity contribution in [3.63, 3.8) is 0 Å². The summed E-state index contributed by atoms with van der Waals surface area (Å²) >= 11 is 0. The van der Waals surface area contributed by atoms with Gasteiger partial charge in [-0.15, -0.1) is 0 Å². The molecule has 25 heavy (non-hydrogen) atoms. The van der Waals surface area contributed by atoms with Gasteiger partial charge in [0, 0.05) is 18.5 Å². The SMILES string of the molecule is CC(=O)C(C(=O)c1ccccc1)C(c1ccccc1)N1CCCC1=O. The summed E-state index contributed by atoms with van der Waals surface area (Å²) < 4.78 is 0. The van der Waals surface area contributed by atoms with E-state index in [4.69, 9.17) is 0 Å². The van der Waals surface area contributed by atoms with Crippen LogP contribution < -0.4 is 0 Å². The van der Waals surface area contributed by atoms with Crippen LogP contribution in [0.25, 0.3) is 0 Å². The van der Waals surface area contributed by atoms with Gasteiger partial charge in [0.2, 0.25) is 5.91 Å². The first-order valence-corrected chi connectivity index (χ1v) is 8.53. The highest BCUT2D eigenvalue weighted by molar-refractivity contribution is 6.11. The van der Waals surface area contributed by atoms with Crippen molar-refractivity contribution >= 4 is 17.5 Å². The summed E-state index contributed by atoms with van der Waals surface area (Å²) in [6.07, 6.45) is 1.22. The number of benzene rings is 2. The van der Waals surface area contributed by atoms with Gasteiger partial charge in [0.05, 0.1) is 6.04 Å². The van der Waals surface area contributed by atoms with Crippen molar-refractivity contribution in [1.29, 1.82) is 0 Å². The minimum absolute atomic E-state index is 0.000893. The molecule has 1 aliphatic rings. The smallest absolute Gasteiger partial charge is 0.223 e. The number of amides is 1. The van der Waals surface area contributed by atoms with E-state index in [-0.39, 0.29) is 17.5 Å². The predicted octanol–water partition coefficient (Wildman–Crippen LogP) is 3.44. The van der Waals surface area contributed by atoms with E-state index in [2.05, 4.69) is 0 Å². The van der Waals surface area contributed by atoms with Crippen molar-refractivity contribution in [3.05, 3.63) is 71.8 Å². The molecule has 0 radical (unpaired) electrons. The average molecular weight is 335 g/mol. The van der Waals surface area contributed by atoms with E-state index in [0.717, 1.165) is 12.0 Å². The van der Waals surface area contributed by atoms with Gasteiger partial charge < -0.3 is 4.90 Å². The third-order valence-electron chi connectivity index (χ3n) is 4.68. The van der Waals surface area contributed by atoms with Crippen LogP contribution in [0.2, 0.25) is 0 Å². The van der Waals surface area contributed by atoms with Crippen LogP contribution in [-0.4, -0.2) is 28.9 Å². The standard InChI is InChI=1S/C21H21NO3/c1-15(23)19(21(25)17-11-6-3-7-12-17)20(16-9-4-2-5-10-16)22-14-8-13-18(22)24/h2-7,9-12,19-20H,8,13-14H2,1H3. The minimum Gasteiger partial charge on any atom is -0.334 e. The van der Waals surface area contributed by atoms with E-state index < -0.39 is 12.0 Å². The largest absolute Gasteiger partial charge is 0.334 e. The Morgan fingerprint density at radius 3 is 2.08 bits per heavy atom. The number of rotatable bonds is 6. The summed E-state index contributed by atoms with van der Waals surface area (Å²) in [5.74, 6) is -1.35. The van der Waals surface area contributed by atoms with Gasteiger partial charge in [0.25, 0.3) is 0 Å². The van der Waals surface area contributed by atoms with Gasteiger partial charge in [-0.2, -0.15) is 0 Å². The number of ketones is 2. The average Bonchev–Trinajstić information content (AvgIpc) is 3.05. The molecule has 0 aromatic heterocycles. The summed E-state index contributed by atoms with van der Waals surface area (Å²) in [4.78, 5) is 39.7. The van der Waals surface area contributed by atoms with Crippen LogP contribution in [0.4, 0.5) is 0 Å². The van der Waals surface area contributed by atoms with Crippen LogP contribution in [0.1, 0.15) is 41.7 Å². The molecule has 1 saturated heterocycles. The summed E-state index contributed by atoms with van der Waals surface area (Å²) in [6.45, 7) is 2.01. The first kappa shape index (κ1) is 17.1. The Morgan fingerprint density at radius 1 is 0.960 bits per heavy atom. The summed E-state index contributed by atoms with van der Waals surface area (Å²) in [5, 5.41) is 0. The third-order valence-corrected chi connectivity index (χ3v) is 4.68. The fourth-order valence-corrected chi connectivity index (χ4v) is 3.50. The molecule has 2 atom stereocenters. The highest BCUT2D eigenvalue weighted by atomic mass is 16.2. The lowest BCUT2D eigenvalue weighted by atomic mass is 9.83. The van der Waals surface area contributed by atoms with Gasteiger partial charge in [-0.1, -0.05) is 60.7 Å². The summed E-state index contributed by atoms with van der Waals surface area (Å²) in [6, 6.07) is 17.6. The Bertz CT molecular complexity index is 770. The molecule has 3 rings (SSSR count). The van der Waals surface area contributed by atoms with Crippen molar-refractivity contribution in [1.82, 2.24) is 4.90 Å². The predicted molar refractivity (Wildman–Crippen MR) is 95.1 cm³/mol. The monoisotopic (exact) mass is 335 g/mol. The Labute approximate surface area is 147 Å². The molecule has 0 bridgehead atoms. The minimum atomic E-state index is -0.896. The second kappa shape index (κ2) is 7.43. The molecule has 2 aromatic carbocycles. The second-order valence-electron chi connectivity index (χ2n) is 6.36. The first-order chi connectivity index (χ1) is 12.1. The fourth-order valence-electron chi connectivity index (χ4n) is 3.50. The quantitative estimate of drug-likeness (QED) is 0.600. The third kappa shape index (κ3) is 3.53. The molecule has 0 N–H and O–H groups in total. The number of likely N-dealkylation sites (tertiary alicyclic amines) is 1. The molecular weight excluding hydrogens is 314 g/mol. The number of carbonyl (C=O) groups is 3. The summed E-state index contributed by atoms with van der Waals surface area (Å²) in [7, 11) is 0. The van der Waals surface area contributed by atoms with Crippen molar-refractivity contribution in [2.45, 2.75) is 25.8 Å². The molecule has 0 spiro atoms. The molecular formula is C21H21NO3. The summed E-state index contributed by atoms with van der Waals surface area (Å²) in [5.41, 5.74) is 1.32. The molecule has 2 unspecified atom stereocenters. The molecule has 1 aliphatic heterocycles. The normalized spacial score (nSPS) is 16.5. The lowest BCUT2D eigenvalue weighted by Gasteiger charge is -2.33. The van der Waals surface area contributed by atoms with Crippen LogP contribution in [0.15, 0.2) is 60.7 Å². The lowest BCUT2D eigenvalue weighted by Crippen LogP contribution is -2.41. The van der Waals surface area contributed by atoms with E-state index in [1.165, 1.54) is 6.92 Å². The fraction of sp³-hybridized carbons (Fsp3) is 0.286. The maximum Gasteiger partial charge on any atom is 0.223 e. The lowest BCUT2D eigenvalue weighted by molar-refractivity contribution is -0.132. The Balaban J connectivity index is 2.06. The first-order valence-electron chi connectivity index (χ1n) is 8.53. The van der Waals surface area contributed by atoms with Crippen molar-refractivity contribution < 1.29 is 14.4 Å². The molecule has 1 fully saturated rings. The van der Waals surface area contributed by atoms with Gasteiger partial charge >= 0.3 is 0 Å². The number of hydrogen-bond acceptors (Lipinski definition) is 3. The molecule has 1 amide bonds. The number of Topliss-reactive ketones (excluding diaryl/α,β-unsaturated/α-hetero) is 2. The van der Waals surface area contributed by atoms with Crippen LogP contribution in [0, 0.1) is 5.92 Å². The van der Waals surface area contributed by atoms with E-state index in [9.17, 15) is 14.4 Å². The van der Waals surface area contributed by atoms with E-state index >= 15 is 0 Å². The highest BCUT2D eigenvalue weighted by Crippen LogP contribution is 2.35. The Hall–Kier alpha value is -2.75. The van der Waals surface area contributed by atoms with E-state index in [1.54, 1.807) is 29.2 Å². The molecule has 0 saturated carbocycles. The number of hydrogen-bond donors (Lipinski definition) is 0. The second-order valence-corrected chi connectivity index (χ2v) is 6.36. The van der Waals surface area contributed by atoms with E-state index in [1.807, 2.05) is 36.4 Å². The topological polar surface area (TPSA) is 54.5 Å². The molecule has 0 aliphatic carbocycles. The zero-order valence-corrected chi connectivity index (χ0v) is 14.2. The van der Waals surface area contributed by atoms with Crippen molar-refractivity contribution in [2.24, 2.45) is 5.92 Å². The maximum absolute atomic E-state index is 13.1. The van der Waals surface area contributed by atoms with Crippen LogP contribution in [-0.2, 0) is 9.59 Å². The van der Waals surface area contributed by atoms with Gasteiger partial charge in [-0.25, -0.2) is 0 Å². The van der Waals surface area contributed by atoms with Crippen molar-refractivity contribution in [2.75, 3.05) is 6.54 Å². The highest BCUT2D eigenvalue weighted by Gasteiger charge is 2.40. The van der Waals surface area contributed by atoms with Gasteiger partial charge in [0.15, 0.2) is 5.78 Å². The van der Waals surface area contributed by atoms with Gasteiger partial charge in [0.1, 0.15) is 11.7 Å². The van der Waals surface area contributed by atoms with Crippen LogP contribution in [0.3, 0.4) is 0 Å². The zero-order valence-electron chi connectivity index (χ0n) is 14.2. The van der Waals surface area contributed by atoms with Gasteiger partial charge in [-0.3, -0.25) is 14.4 Å². The van der Waals surface area contributed by atoms with Crippen LogP contribution in [0.5, 0.6) is 0 Å². The molecule has 4 heteroatoms. The number of nitrogens with zero attached hydrogens (tertiary/aromatic N) is 1. The zero-order chi connectivity index (χ0) is 17.8. The van der Waals surface area contributed by atoms with E-state index in [0.29, 0.717) is 18.5 Å².